The Labute approximate surface area is 425 Å². The third-order valence-electron chi connectivity index (χ3n) is 19.5. The molecule has 8 aliphatic carbocycles. The number of hydrogen-bond acceptors (Lipinski definition) is 6. The molecule has 7 heteroatoms. The van der Waals surface area contributed by atoms with Crippen molar-refractivity contribution in [3.05, 3.63) is 204 Å². The molecule has 16 atom stereocenters. The van der Waals surface area contributed by atoms with Gasteiger partial charge in [0.1, 0.15) is 0 Å². The second-order valence-electron chi connectivity index (χ2n) is 23.1. The van der Waals surface area contributed by atoms with Crippen LogP contribution in [0.4, 0.5) is 5.69 Å². The Morgan fingerprint density at radius 1 is 0.667 bits per heavy atom. The Hall–Kier alpha value is -6.17. The number of rotatable bonds is 5. The molecule has 1 saturated carbocycles. The summed E-state index contributed by atoms with van der Waals surface area (Å²) in [6.45, 7) is 0. The van der Waals surface area contributed by atoms with E-state index in [4.69, 9.17) is 4.74 Å². The van der Waals surface area contributed by atoms with E-state index < -0.39 is 0 Å². The predicted octanol–water partition coefficient (Wildman–Crippen LogP) is 12.2. The number of benzene rings is 2. The Morgan fingerprint density at radius 2 is 1.54 bits per heavy atom. The van der Waals surface area contributed by atoms with Crippen molar-refractivity contribution in [3.63, 3.8) is 0 Å². The van der Waals surface area contributed by atoms with Crippen LogP contribution in [0, 0.1) is 40.4 Å². The Bertz CT molecular complexity index is 3130. The highest BCUT2D eigenvalue weighted by Gasteiger charge is 2.60. The highest BCUT2D eigenvalue weighted by Crippen LogP contribution is 2.59. The summed E-state index contributed by atoms with van der Waals surface area (Å²) in [6, 6.07) is 24.1. The fourth-order valence-corrected chi connectivity index (χ4v) is 16.4. The monoisotopic (exact) mass is 947 g/mol. The summed E-state index contributed by atoms with van der Waals surface area (Å²) in [7, 11) is 0. The number of aromatic nitrogens is 1. The van der Waals surface area contributed by atoms with Crippen molar-refractivity contribution < 1.29 is 4.74 Å². The molecule has 0 radical (unpaired) electrons. The minimum atomic E-state index is -0.371. The minimum absolute atomic E-state index is 0.0509. The number of nitrogens with zero attached hydrogens (tertiary/aromatic N) is 4. The van der Waals surface area contributed by atoms with Gasteiger partial charge in [0, 0.05) is 57.8 Å². The lowest BCUT2D eigenvalue weighted by Gasteiger charge is -2.56. The van der Waals surface area contributed by atoms with Crippen molar-refractivity contribution in [3.8, 4) is 6.07 Å². The van der Waals surface area contributed by atoms with Gasteiger partial charge >= 0.3 is 0 Å². The topological polar surface area (TPSA) is 68.5 Å². The van der Waals surface area contributed by atoms with Gasteiger partial charge in [-0.25, -0.2) is 0 Å². The molecule has 2 N–H and O–H groups in total. The van der Waals surface area contributed by atoms with E-state index in [-0.39, 0.29) is 77.9 Å². The van der Waals surface area contributed by atoms with Crippen molar-refractivity contribution in [1.29, 1.82) is 5.26 Å². The number of ether oxygens (including phenoxy) is 1. The van der Waals surface area contributed by atoms with Gasteiger partial charge in [-0.3, -0.25) is 10.6 Å². The lowest BCUT2D eigenvalue weighted by molar-refractivity contribution is -0.159. The summed E-state index contributed by atoms with van der Waals surface area (Å²) in [6.07, 6.45) is 59.2. The van der Waals surface area contributed by atoms with E-state index in [2.05, 4.69) is 207 Å². The van der Waals surface area contributed by atoms with Gasteiger partial charge in [-0.1, -0.05) is 146 Å². The molecule has 16 unspecified atom stereocenters. The molecule has 0 amide bonds. The summed E-state index contributed by atoms with van der Waals surface area (Å²) in [5.74, 6) is 0.882. The zero-order chi connectivity index (χ0) is 47.5. The Morgan fingerprint density at radius 3 is 2.43 bits per heavy atom. The van der Waals surface area contributed by atoms with E-state index in [1.807, 2.05) is 0 Å². The standard InChI is InChI=1S/C65H66N6O/c66-40-45-36-49-57(37-56(45)70-52-28-13-11-26-48(52)62-55(70)32-31-54-61(62)47-25-10-12-27-51(47)69(54)46-23-8-3-9-24-46)71-53-29-14-15-30-59(53)72-60-33-34-65(39-58(60)71)38-50(67-64(68-63(49)65)42-19-6-2-7-20-42)44-22-16-21-43(35-44)41-17-4-1-5-18-41/h2-4,6-14,16-19,21,23-29,31-32,35-37,42,44-45,47,50-51,53-54,56,58-61,63-64,67-68H,1,5,15,20,22,30,33-34,38-39H2. The molecule has 5 heterocycles. The number of anilines is 1. The van der Waals surface area contributed by atoms with E-state index >= 15 is 0 Å². The van der Waals surface area contributed by atoms with Crippen LogP contribution >= 0.6 is 0 Å². The first-order chi connectivity index (χ1) is 35.6. The van der Waals surface area contributed by atoms with Gasteiger partial charge in [-0.15, -0.1) is 0 Å². The van der Waals surface area contributed by atoms with Gasteiger partial charge in [-0.2, -0.15) is 5.26 Å². The lowest BCUT2D eigenvalue weighted by atomic mass is 9.61. The maximum Gasteiger partial charge on any atom is 0.0894 e. The highest BCUT2D eigenvalue weighted by atomic mass is 16.5. The maximum atomic E-state index is 11.8. The van der Waals surface area contributed by atoms with Crippen LogP contribution in [0.3, 0.4) is 0 Å². The smallest absolute Gasteiger partial charge is 0.0894 e. The third-order valence-corrected chi connectivity index (χ3v) is 19.5. The van der Waals surface area contributed by atoms with Gasteiger partial charge in [0.25, 0.3) is 0 Å². The molecule has 2 bridgehead atoms. The molecule has 362 valence electrons. The molecular weight excluding hydrogens is 881 g/mol. The molecule has 7 nitrogen and oxygen atoms in total. The van der Waals surface area contributed by atoms with Crippen LogP contribution in [0.1, 0.15) is 87.4 Å². The first-order valence-electron chi connectivity index (χ1n) is 27.7. The number of nitrogens with one attached hydrogen (secondary N) is 2. The third kappa shape index (κ3) is 6.71. The molecule has 12 aliphatic rings. The van der Waals surface area contributed by atoms with Crippen LogP contribution in [0.15, 0.2) is 192 Å². The van der Waals surface area contributed by atoms with E-state index in [1.165, 1.54) is 50.3 Å². The average molecular weight is 947 g/mol. The van der Waals surface area contributed by atoms with Crippen LogP contribution in [0.5, 0.6) is 0 Å². The predicted molar refractivity (Wildman–Crippen MR) is 289 cm³/mol. The molecule has 1 aromatic heterocycles. The number of fused-ring (bicyclic) bond motifs is 12. The number of para-hydroxylation sites is 2. The second-order valence-corrected chi connectivity index (χ2v) is 23.1. The number of morpholine rings is 1. The van der Waals surface area contributed by atoms with Crippen molar-refractivity contribution in [2.45, 2.75) is 131 Å². The molecule has 4 aliphatic heterocycles. The fourth-order valence-electron chi connectivity index (χ4n) is 16.4. The van der Waals surface area contributed by atoms with Crippen LogP contribution in [-0.4, -0.2) is 64.1 Å². The minimum Gasteiger partial charge on any atom is -0.370 e. The van der Waals surface area contributed by atoms with E-state index in [1.54, 1.807) is 0 Å². The second kappa shape index (κ2) is 17.2. The first-order valence-corrected chi connectivity index (χ1v) is 27.7. The summed E-state index contributed by atoms with van der Waals surface area (Å²) in [5.41, 5.74) is 10.6. The molecule has 15 rings (SSSR count). The zero-order valence-electron chi connectivity index (χ0n) is 41.2. The number of allylic oxidation sites excluding steroid dienone is 15. The van der Waals surface area contributed by atoms with Crippen LogP contribution in [0.2, 0.25) is 0 Å². The average Bonchev–Trinajstić information content (AvgIpc) is 3.87. The van der Waals surface area contributed by atoms with Gasteiger partial charge < -0.3 is 19.1 Å². The van der Waals surface area contributed by atoms with Crippen LogP contribution in [-0.2, 0) is 4.74 Å². The van der Waals surface area contributed by atoms with Crippen LogP contribution in [0.25, 0.3) is 17.0 Å². The SMILES string of the molecule is N#CC1C=C2C(=CC1n1c3c(c4ccccc41)C1C4C=CC=CC4N(c4ccccc4)C1C=C3)N1C3C=CCCC3OC3CCC4(CC(C5C=C(C6=CCCC=C6)C=CC5)NC(C5C=CC=CC5)NC24)CC31. The van der Waals surface area contributed by atoms with Crippen molar-refractivity contribution in [1.82, 2.24) is 20.1 Å². The van der Waals surface area contributed by atoms with Crippen molar-refractivity contribution >= 4 is 22.7 Å². The lowest BCUT2D eigenvalue weighted by Crippen LogP contribution is -2.62. The first kappa shape index (κ1) is 43.4. The largest absolute Gasteiger partial charge is 0.370 e. The molecular formula is C65H66N6O. The highest BCUT2D eigenvalue weighted by molar-refractivity contribution is 5.91. The maximum absolute atomic E-state index is 11.8. The fraction of sp³-hybridized carbons (Fsp3) is 0.400. The van der Waals surface area contributed by atoms with E-state index in [0.717, 1.165) is 64.2 Å². The molecule has 5 fully saturated rings. The molecule has 3 aromatic rings. The number of nitriles is 1. The van der Waals surface area contributed by atoms with Gasteiger partial charge in [0.2, 0.25) is 0 Å². The molecule has 72 heavy (non-hydrogen) atoms. The summed E-state index contributed by atoms with van der Waals surface area (Å²) >= 11 is 0. The number of hydrogen-bond donors (Lipinski definition) is 2. The van der Waals surface area contributed by atoms with Crippen LogP contribution < -0.4 is 15.5 Å². The van der Waals surface area contributed by atoms with Gasteiger partial charge in [0.05, 0.1) is 60.6 Å². The Balaban J connectivity index is 0.889. The Kier molecular flexibility index (Phi) is 10.4. The van der Waals surface area contributed by atoms with E-state index in [0.29, 0.717) is 17.8 Å². The molecule has 1 spiro atoms. The van der Waals surface area contributed by atoms with Crippen molar-refractivity contribution in [2.24, 2.45) is 29.1 Å². The van der Waals surface area contributed by atoms with Crippen molar-refractivity contribution in [2.75, 3.05) is 4.90 Å². The summed E-state index contributed by atoms with van der Waals surface area (Å²) in [4.78, 5) is 5.54. The quantitative estimate of drug-likeness (QED) is 0.248. The molecule has 4 saturated heterocycles. The molecule has 2 aromatic carbocycles. The summed E-state index contributed by atoms with van der Waals surface area (Å²) in [5, 5.41) is 22.0. The summed E-state index contributed by atoms with van der Waals surface area (Å²) < 4.78 is 9.93. The van der Waals surface area contributed by atoms with Gasteiger partial charge in [-0.05, 0) is 128 Å². The van der Waals surface area contributed by atoms with E-state index in [9.17, 15) is 5.26 Å². The normalized spacial score (nSPS) is 39.5. The van der Waals surface area contributed by atoms with Gasteiger partial charge in [0.15, 0.2) is 0 Å². The zero-order valence-corrected chi connectivity index (χ0v) is 41.2.